The minimum Gasteiger partial charge on any atom is -0.388 e. The summed E-state index contributed by atoms with van der Waals surface area (Å²) < 4.78 is 13.8. The van der Waals surface area contributed by atoms with Gasteiger partial charge >= 0.3 is 0 Å². The molecule has 0 bridgehead atoms. The van der Waals surface area contributed by atoms with Crippen molar-refractivity contribution in [2.24, 2.45) is 0 Å². The molecule has 1 aromatic heterocycles. The summed E-state index contributed by atoms with van der Waals surface area (Å²) in [6.45, 7) is 0. The first-order valence-corrected chi connectivity index (χ1v) is 7.40. The van der Waals surface area contributed by atoms with E-state index < -0.39 is 6.10 Å². The summed E-state index contributed by atoms with van der Waals surface area (Å²) in [6, 6.07) is 14.0. The van der Waals surface area contributed by atoms with Gasteiger partial charge in [0.2, 0.25) is 0 Å². The first-order valence-electron chi connectivity index (χ1n) is 6.61. The smallest absolute Gasteiger partial charge is 0.124 e. The first-order chi connectivity index (χ1) is 10.1. The van der Waals surface area contributed by atoms with Crippen LogP contribution in [-0.2, 0) is 6.42 Å². The Morgan fingerprint density at radius 2 is 1.95 bits per heavy atom. The highest BCUT2D eigenvalue weighted by Crippen LogP contribution is 2.28. The largest absolute Gasteiger partial charge is 0.388 e. The van der Waals surface area contributed by atoms with E-state index in [1.165, 1.54) is 12.1 Å². The lowest BCUT2D eigenvalue weighted by Crippen LogP contribution is -2.04. The van der Waals surface area contributed by atoms with Crippen molar-refractivity contribution >= 4 is 26.8 Å². The second-order valence-electron chi connectivity index (χ2n) is 4.87. The van der Waals surface area contributed by atoms with Crippen molar-refractivity contribution in [1.29, 1.82) is 0 Å². The highest BCUT2D eigenvalue weighted by molar-refractivity contribution is 9.10. The van der Waals surface area contributed by atoms with Crippen LogP contribution in [0.25, 0.3) is 10.9 Å². The standard InChI is InChI=1S/C17H13BrFNO/c18-15-10-12(19)6-5-11(15)9-17(21)14-7-8-20-16-4-2-1-3-13(14)16/h1-8,10,17,21H,9H2. The van der Waals surface area contributed by atoms with Crippen LogP contribution in [-0.4, -0.2) is 10.1 Å². The van der Waals surface area contributed by atoms with Crippen LogP contribution < -0.4 is 0 Å². The summed E-state index contributed by atoms with van der Waals surface area (Å²) >= 11 is 3.33. The summed E-state index contributed by atoms with van der Waals surface area (Å²) in [5, 5.41) is 11.5. The first kappa shape index (κ1) is 14.2. The Balaban J connectivity index is 1.95. The molecule has 2 aromatic carbocycles. The van der Waals surface area contributed by atoms with Gasteiger partial charge in [0.1, 0.15) is 5.82 Å². The molecule has 0 aliphatic carbocycles. The number of benzene rings is 2. The van der Waals surface area contributed by atoms with Crippen molar-refractivity contribution in [3.8, 4) is 0 Å². The number of para-hydroxylation sites is 1. The van der Waals surface area contributed by atoms with Gasteiger partial charge in [0.25, 0.3) is 0 Å². The van der Waals surface area contributed by atoms with Crippen LogP contribution in [0.5, 0.6) is 0 Å². The molecule has 0 saturated carbocycles. The third-order valence-corrected chi connectivity index (χ3v) is 4.21. The quantitative estimate of drug-likeness (QED) is 0.762. The fourth-order valence-electron chi connectivity index (χ4n) is 2.41. The molecule has 2 nitrogen and oxygen atoms in total. The SMILES string of the molecule is OC(Cc1ccc(F)cc1Br)c1ccnc2ccccc12. The molecular weight excluding hydrogens is 333 g/mol. The molecule has 1 N–H and O–H groups in total. The predicted molar refractivity (Wildman–Crippen MR) is 84.5 cm³/mol. The molecule has 106 valence electrons. The van der Waals surface area contributed by atoms with Gasteiger partial charge in [0, 0.05) is 22.5 Å². The highest BCUT2D eigenvalue weighted by atomic mass is 79.9. The Hall–Kier alpha value is -1.78. The average molecular weight is 346 g/mol. The van der Waals surface area contributed by atoms with Crippen LogP contribution in [0.15, 0.2) is 59.2 Å². The van der Waals surface area contributed by atoms with Crippen molar-refractivity contribution in [3.63, 3.8) is 0 Å². The van der Waals surface area contributed by atoms with Gasteiger partial charge in [-0.05, 0) is 35.4 Å². The van der Waals surface area contributed by atoms with E-state index >= 15 is 0 Å². The zero-order valence-corrected chi connectivity index (χ0v) is 12.7. The summed E-state index contributed by atoms with van der Waals surface area (Å²) in [4.78, 5) is 4.29. The lowest BCUT2D eigenvalue weighted by Gasteiger charge is -2.14. The van der Waals surface area contributed by atoms with Crippen LogP contribution in [0, 0.1) is 5.82 Å². The number of fused-ring (bicyclic) bond motifs is 1. The second kappa shape index (κ2) is 5.92. The van der Waals surface area contributed by atoms with Gasteiger partial charge in [0.15, 0.2) is 0 Å². The highest BCUT2D eigenvalue weighted by Gasteiger charge is 2.14. The van der Waals surface area contributed by atoms with E-state index in [4.69, 9.17) is 0 Å². The van der Waals surface area contributed by atoms with Gasteiger partial charge in [-0.15, -0.1) is 0 Å². The summed E-state index contributed by atoms with van der Waals surface area (Å²) in [6.07, 6.45) is 1.44. The maximum Gasteiger partial charge on any atom is 0.124 e. The fraction of sp³-hybridized carbons (Fsp3) is 0.118. The molecule has 4 heteroatoms. The van der Waals surface area contributed by atoms with Crippen molar-refractivity contribution in [1.82, 2.24) is 4.98 Å². The molecule has 0 aliphatic heterocycles. The molecule has 0 saturated heterocycles. The van der Waals surface area contributed by atoms with E-state index in [9.17, 15) is 9.50 Å². The van der Waals surface area contributed by atoms with Crippen LogP contribution in [0.2, 0.25) is 0 Å². The Bertz CT molecular complexity index is 785. The fourth-order valence-corrected chi connectivity index (χ4v) is 2.93. The number of hydrogen-bond acceptors (Lipinski definition) is 2. The number of pyridine rings is 1. The molecule has 0 radical (unpaired) electrons. The monoisotopic (exact) mass is 345 g/mol. The molecule has 0 spiro atoms. The van der Waals surface area contributed by atoms with E-state index in [0.29, 0.717) is 10.9 Å². The number of hydrogen-bond donors (Lipinski definition) is 1. The summed E-state index contributed by atoms with van der Waals surface area (Å²) in [5.74, 6) is -0.297. The number of aliphatic hydroxyl groups excluding tert-OH is 1. The number of aliphatic hydroxyl groups is 1. The molecule has 0 amide bonds. The summed E-state index contributed by atoms with van der Waals surface area (Å²) in [7, 11) is 0. The van der Waals surface area contributed by atoms with Gasteiger partial charge in [-0.3, -0.25) is 4.98 Å². The lowest BCUT2D eigenvalue weighted by molar-refractivity contribution is 0.179. The third kappa shape index (κ3) is 2.96. The van der Waals surface area contributed by atoms with Crippen molar-refractivity contribution in [2.45, 2.75) is 12.5 Å². The molecular formula is C17H13BrFNO. The maximum atomic E-state index is 13.1. The Morgan fingerprint density at radius 3 is 2.76 bits per heavy atom. The van der Waals surface area contributed by atoms with Crippen molar-refractivity contribution in [2.75, 3.05) is 0 Å². The Kier molecular flexibility index (Phi) is 3.99. The third-order valence-electron chi connectivity index (χ3n) is 3.47. The van der Waals surface area contributed by atoms with E-state index in [2.05, 4.69) is 20.9 Å². The zero-order valence-electron chi connectivity index (χ0n) is 11.1. The molecule has 1 unspecified atom stereocenters. The number of rotatable bonds is 3. The molecule has 1 heterocycles. The maximum absolute atomic E-state index is 13.1. The van der Waals surface area contributed by atoms with Crippen molar-refractivity contribution in [3.05, 3.63) is 76.1 Å². The summed E-state index contributed by atoms with van der Waals surface area (Å²) in [5.41, 5.74) is 2.55. The Morgan fingerprint density at radius 1 is 1.14 bits per heavy atom. The second-order valence-corrected chi connectivity index (χ2v) is 5.73. The molecule has 0 aliphatic rings. The van der Waals surface area contributed by atoms with E-state index in [0.717, 1.165) is 22.0 Å². The van der Waals surface area contributed by atoms with E-state index in [1.54, 1.807) is 12.3 Å². The predicted octanol–water partition coefficient (Wildman–Crippen LogP) is 4.41. The van der Waals surface area contributed by atoms with E-state index in [1.807, 2.05) is 30.3 Å². The van der Waals surface area contributed by atoms with Crippen LogP contribution in [0.1, 0.15) is 17.2 Å². The molecule has 0 fully saturated rings. The van der Waals surface area contributed by atoms with Gasteiger partial charge in [-0.25, -0.2) is 4.39 Å². The van der Waals surface area contributed by atoms with Crippen LogP contribution in [0.3, 0.4) is 0 Å². The van der Waals surface area contributed by atoms with Gasteiger partial charge in [-0.1, -0.05) is 40.2 Å². The number of aromatic nitrogens is 1. The molecule has 21 heavy (non-hydrogen) atoms. The lowest BCUT2D eigenvalue weighted by atomic mass is 9.98. The Labute approximate surface area is 130 Å². The van der Waals surface area contributed by atoms with Crippen molar-refractivity contribution < 1.29 is 9.50 Å². The van der Waals surface area contributed by atoms with Gasteiger partial charge in [0.05, 0.1) is 11.6 Å². The van der Waals surface area contributed by atoms with Crippen LogP contribution in [0.4, 0.5) is 4.39 Å². The minimum atomic E-state index is -0.667. The topological polar surface area (TPSA) is 33.1 Å². The average Bonchev–Trinajstić information content (AvgIpc) is 2.49. The minimum absolute atomic E-state index is 0.297. The molecule has 3 aromatic rings. The van der Waals surface area contributed by atoms with Gasteiger partial charge < -0.3 is 5.11 Å². The van der Waals surface area contributed by atoms with Crippen LogP contribution >= 0.6 is 15.9 Å². The van der Waals surface area contributed by atoms with E-state index in [-0.39, 0.29) is 5.82 Å². The molecule has 1 atom stereocenters. The normalized spacial score (nSPS) is 12.5. The van der Waals surface area contributed by atoms with Gasteiger partial charge in [-0.2, -0.15) is 0 Å². The number of halogens is 2. The molecule has 3 rings (SSSR count). The zero-order chi connectivity index (χ0) is 14.8. The number of nitrogens with zero attached hydrogens (tertiary/aromatic N) is 1.